The van der Waals surface area contributed by atoms with Crippen LogP contribution in [-0.2, 0) is 0 Å². The molecule has 0 aliphatic carbocycles. The molecule has 0 aliphatic rings. The molecule has 0 radical (unpaired) electrons. The molecule has 0 fully saturated rings. The molecule has 1 N–H and O–H groups in total. The molecule has 0 spiro atoms. The van der Waals surface area contributed by atoms with Crippen molar-refractivity contribution in [1.29, 1.82) is 0 Å². The Morgan fingerprint density at radius 1 is 1.16 bits per heavy atom. The minimum Gasteiger partial charge on any atom is -0.367 e. The van der Waals surface area contributed by atoms with E-state index in [4.69, 9.17) is 0 Å². The van der Waals surface area contributed by atoms with E-state index in [2.05, 4.69) is 38.1 Å². The van der Waals surface area contributed by atoms with Crippen molar-refractivity contribution in [3.05, 3.63) is 36.5 Å². The van der Waals surface area contributed by atoms with Crippen LogP contribution < -0.4 is 5.32 Å². The Hall–Kier alpha value is -2.01. The van der Waals surface area contributed by atoms with Gasteiger partial charge in [-0.05, 0) is 12.5 Å². The summed E-state index contributed by atoms with van der Waals surface area (Å²) in [7, 11) is 0. The van der Waals surface area contributed by atoms with Gasteiger partial charge in [-0.1, -0.05) is 31.2 Å². The van der Waals surface area contributed by atoms with Crippen molar-refractivity contribution >= 4 is 28.4 Å². The molecule has 0 atom stereocenters. The molecule has 0 aliphatic heterocycles. The largest absolute Gasteiger partial charge is 0.367 e. The van der Waals surface area contributed by atoms with Gasteiger partial charge in [0, 0.05) is 23.7 Å². The van der Waals surface area contributed by atoms with Crippen LogP contribution in [0.2, 0.25) is 0 Å². The Balaban J connectivity index is 2.12. The third kappa shape index (κ3) is 2.29. The van der Waals surface area contributed by atoms with Crippen LogP contribution in [0.15, 0.2) is 36.5 Å². The molecule has 0 saturated heterocycles. The van der Waals surface area contributed by atoms with Crippen LogP contribution in [0.4, 0.5) is 5.82 Å². The Morgan fingerprint density at radius 2 is 2.05 bits per heavy atom. The van der Waals surface area contributed by atoms with Crippen molar-refractivity contribution in [2.75, 3.05) is 11.9 Å². The molecular formula is C14H14N4S. The number of benzene rings is 1. The minimum atomic E-state index is 0.852. The average Bonchev–Trinajstić information content (AvgIpc) is 2.92. The Bertz CT molecular complexity index is 687. The van der Waals surface area contributed by atoms with Crippen LogP contribution in [0.1, 0.15) is 13.3 Å². The monoisotopic (exact) mass is 270 g/mol. The Labute approximate surface area is 115 Å². The lowest BCUT2D eigenvalue weighted by atomic mass is 10.1. The zero-order valence-corrected chi connectivity index (χ0v) is 11.4. The lowest BCUT2D eigenvalue weighted by Gasteiger charge is -2.06. The van der Waals surface area contributed by atoms with E-state index in [1.54, 1.807) is 0 Å². The fourth-order valence-electron chi connectivity index (χ4n) is 2.02. The lowest BCUT2D eigenvalue weighted by molar-refractivity contribution is 0.974. The Kier molecular flexibility index (Phi) is 3.37. The normalized spacial score (nSPS) is 10.8. The number of nitrogens with one attached hydrogen (secondary N) is 1. The van der Waals surface area contributed by atoms with Crippen LogP contribution >= 0.6 is 11.7 Å². The number of nitrogens with zero attached hydrogens (tertiary/aromatic N) is 3. The molecule has 96 valence electrons. The smallest absolute Gasteiger partial charge is 0.168 e. The molecule has 3 rings (SSSR count). The fourth-order valence-corrected chi connectivity index (χ4v) is 2.56. The van der Waals surface area contributed by atoms with E-state index in [-0.39, 0.29) is 0 Å². The van der Waals surface area contributed by atoms with Gasteiger partial charge in [-0.2, -0.15) is 8.75 Å². The second-order valence-corrected chi connectivity index (χ2v) is 4.80. The third-order valence-electron chi connectivity index (χ3n) is 2.92. The van der Waals surface area contributed by atoms with Crippen LogP contribution in [0.25, 0.3) is 22.2 Å². The predicted octanol–water partition coefficient (Wildman–Crippen LogP) is 3.58. The van der Waals surface area contributed by atoms with E-state index in [9.17, 15) is 0 Å². The van der Waals surface area contributed by atoms with Gasteiger partial charge in [0.2, 0.25) is 0 Å². The van der Waals surface area contributed by atoms with Crippen molar-refractivity contribution in [2.45, 2.75) is 13.3 Å². The molecule has 5 heteroatoms. The number of hydrogen-bond acceptors (Lipinski definition) is 5. The summed E-state index contributed by atoms with van der Waals surface area (Å²) in [5.74, 6) is 0.852. The SMILES string of the molecule is CCCNc1nsnc1-c1cccc2cccnc12. The standard InChI is InChI=1S/C14H14N4S/c1-2-8-16-14-13(17-19-18-14)11-7-3-5-10-6-4-9-15-12(10)11/h3-7,9H,2,8H2,1H3,(H,16,18). The van der Waals surface area contributed by atoms with Crippen molar-refractivity contribution in [3.63, 3.8) is 0 Å². The van der Waals surface area contributed by atoms with E-state index in [1.807, 2.05) is 24.4 Å². The van der Waals surface area contributed by atoms with Crippen LogP contribution in [-0.4, -0.2) is 20.3 Å². The fraction of sp³-hybridized carbons (Fsp3) is 0.214. The van der Waals surface area contributed by atoms with Gasteiger partial charge >= 0.3 is 0 Å². The highest BCUT2D eigenvalue weighted by molar-refractivity contribution is 6.99. The average molecular weight is 270 g/mol. The summed E-state index contributed by atoms with van der Waals surface area (Å²) in [5.41, 5.74) is 2.89. The predicted molar refractivity (Wildman–Crippen MR) is 79.4 cm³/mol. The zero-order valence-electron chi connectivity index (χ0n) is 10.6. The summed E-state index contributed by atoms with van der Waals surface area (Å²) in [4.78, 5) is 4.47. The first-order valence-electron chi connectivity index (χ1n) is 6.30. The van der Waals surface area contributed by atoms with Crippen LogP contribution in [0.5, 0.6) is 0 Å². The van der Waals surface area contributed by atoms with Crippen LogP contribution in [0.3, 0.4) is 0 Å². The van der Waals surface area contributed by atoms with Crippen molar-refractivity contribution in [2.24, 2.45) is 0 Å². The van der Waals surface area contributed by atoms with Crippen molar-refractivity contribution in [1.82, 2.24) is 13.7 Å². The molecule has 19 heavy (non-hydrogen) atoms. The lowest BCUT2D eigenvalue weighted by Crippen LogP contribution is -2.01. The minimum absolute atomic E-state index is 0.852. The summed E-state index contributed by atoms with van der Waals surface area (Å²) < 4.78 is 8.75. The van der Waals surface area contributed by atoms with Gasteiger partial charge < -0.3 is 5.32 Å². The number of hydrogen-bond donors (Lipinski definition) is 1. The number of rotatable bonds is 4. The third-order valence-corrected chi connectivity index (χ3v) is 3.45. The molecule has 4 nitrogen and oxygen atoms in total. The molecule has 3 aromatic rings. The topological polar surface area (TPSA) is 50.7 Å². The summed E-state index contributed by atoms with van der Waals surface area (Å²) in [6.07, 6.45) is 2.87. The first kappa shape index (κ1) is 12.0. The molecule has 0 saturated carbocycles. The van der Waals surface area contributed by atoms with Crippen molar-refractivity contribution < 1.29 is 0 Å². The van der Waals surface area contributed by atoms with E-state index in [1.165, 1.54) is 11.7 Å². The number of anilines is 1. The summed E-state index contributed by atoms with van der Waals surface area (Å²) >= 11 is 1.23. The molecular weight excluding hydrogens is 256 g/mol. The molecule has 0 unspecified atom stereocenters. The maximum atomic E-state index is 4.47. The maximum Gasteiger partial charge on any atom is 0.168 e. The highest BCUT2D eigenvalue weighted by Gasteiger charge is 2.13. The van der Waals surface area contributed by atoms with E-state index < -0.39 is 0 Å². The van der Waals surface area contributed by atoms with Crippen molar-refractivity contribution in [3.8, 4) is 11.3 Å². The van der Waals surface area contributed by atoms with E-state index in [0.717, 1.165) is 40.9 Å². The second-order valence-electron chi connectivity index (χ2n) is 4.27. The van der Waals surface area contributed by atoms with Gasteiger partial charge in [0.15, 0.2) is 5.82 Å². The van der Waals surface area contributed by atoms with Gasteiger partial charge in [0.25, 0.3) is 0 Å². The van der Waals surface area contributed by atoms with Gasteiger partial charge in [-0.15, -0.1) is 0 Å². The first-order valence-corrected chi connectivity index (χ1v) is 7.03. The highest BCUT2D eigenvalue weighted by Crippen LogP contribution is 2.30. The highest BCUT2D eigenvalue weighted by atomic mass is 32.1. The molecule has 0 bridgehead atoms. The van der Waals surface area contributed by atoms with E-state index in [0.29, 0.717) is 0 Å². The summed E-state index contributed by atoms with van der Waals surface area (Å²) in [5, 5.41) is 4.43. The number of aromatic nitrogens is 3. The van der Waals surface area contributed by atoms with Crippen LogP contribution in [0, 0.1) is 0 Å². The zero-order chi connectivity index (χ0) is 13.1. The number of fused-ring (bicyclic) bond motifs is 1. The number of para-hydroxylation sites is 1. The molecule has 0 amide bonds. The summed E-state index contributed by atoms with van der Waals surface area (Å²) in [6.45, 7) is 3.03. The molecule has 1 aromatic carbocycles. The van der Waals surface area contributed by atoms with Gasteiger partial charge in [-0.3, -0.25) is 4.98 Å². The number of pyridine rings is 1. The quantitative estimate of drug-likeness (QED) is 0.787. The molecule has 2 heterocycles. The van der Waals surface area contributed by atoms with E-state index >= 15 is 0 Å². The van der Waals surface area contributed by atoms with Gasteiger partial charge in [0.1, 0.15) is 5.69 Å². The molecule has 2 aromatic heterocycles. The Morgan fingerprint density at radius 3 is 2.95 bits per heavy atom. The summed E-state index contributed by atoms with van der Waals surface area (Å²) in [6, 6.07) is 10.1. The second kappa shape index (κ2) is 5.32. The van der Waals surface area contributed by atoms with Gasteiger partial charge in [-0.25, -0.2) is 0 Å². The first-order chi connectivity index (χ1) is 9.40. The van der Waals surface area contributed by atoms with Gasteiger partial charge in [0.05, 0.1) is 17.2 Å². The maximum absolute atomic E-state index is 4.47.